The zero-order valence-electron chi connectivity index (χ0n) is 6.41. The molecule has 0 spiro atoms. The van der Waals surface area contributed by atoms with Crippen molar-refractivity contribution in [1.29, 1.82) is 0 Å². The maximum absolute atomic E-state index is 5.43. The molecule has 0 atom stereocenters. The zero-order chi connectivity index (χ0) is 8.10. The van der Waals surface area contributed by atoms with Gasteiger partial charge in [0.25, 0.3) is 0 Å². The highest BCUT2D eigenvalue weighted by Crippen LogP contribution is 2.15. The lowest BCUT2D eigenvalue weighted by Gasteiger charge is -2.00. The zero-order valence-corrected chi connectivity index (χ0v) is 7.23. The van der Waals surface area contributed by atoms with Crippen molar-refractivity contribution in [2.45, 2.75) is 6.54 Å². The molecule has 1 rings (SSSR count). The van der Waals surface area contributed by atoms with Crippen molar-refractivity contribution in [3.8, 4) is 5.75 Å². The quantitative estimate of drug-likeness (QED) is 0.701. The van der Waals surface area contributed by atoms with Crippen molar-refractivity contribution >= 4 is 12.0 Å². The SMILES string of the molecule is CSOc1ccc(CN)cc1. The predicted molar refractivity (Wildman–Crippen MR) is 48.5 cm³/mol. The Morgan fingerprint density at radius 1 is 1.36 bits per heavy atom. The third-order valence-corrected chi connectivity index (χ3v) is 1.70. The molecule has 0 radical (unpaired) electrons. The minimum absolute atomic E-state index is 0.583. The van der Waals surface area contributed by atoms with E-state index in [0.717, 1.165) is 11.3 Å². The standard InChI is InChI=1S/C8H11NOS/c1-11-10-8-4-2-7(6-9)3-5-8/h2-5H,6,9H2,1H3. The van der Waals surface area contributed by atoms with Crippen LogP contribution in [0.1, 0.15) is 5.56 Å². The monoisotopic (exact) mass is 169 g/mol. The largest absolute Gasteiger partial charge is 0.426 e. The van der Waals surface area contributed by atoms with Gasteiger partial charge in [0.2, 0.25) is 0 Å². The lowest BCUT2D eigenvalue weighted by atomic mass is 10.2. The molecule has 0 amide bonds. The Kier molecular flexibility index (Phi) is 3.26. The van der Waals surface area contributed by atoms with Crippen molar-refractivity contribution in [3.05, 3.63) is 29.8 Å². The first kappa shape index (κ1) is 8.43. The summed E-state index contributed by atoms with van der Waals surface area (Å²) < 4.78 is 5.18. The average Bonchev–Trinajstić information content (AvgIpc) is 2.07. The van der Waals surface area contributed by atoms with E-state index in [1.165, 1.54) is 12.0 Å². The van der Waals surface area contributed by atoms with Gasteiger partial charge in [0.05, 0.1) is 12.0 Å². The molecule has 2 N–H and O–H groups in total. The molecule has 0 saturated carbocycles. The van der Waals surface area contributed by atoms with Gasteiger partial charge in [0.15, 0.2) is 0 Å². The number of nitrogens with two attached hydrogens (primary N) is 1. The molecule has 60 valence electrons. The van der Waals surface area contributed by atoms with E-state index in [1.807, 2.05) is 30.5 Å². The highest BCUT2D eigenvalue weighted by atomic mass is 32.2. The number of hydrogen-bond donors (Lipinski definition) is 1. The van der Waals surface area contributed by atoms with Crippen LogP contribution < -0.4 is 9.92 Å². The fourth-order valence-corrected chi connectivity index (χ4v) is 1.08. The van der Waals surface area contributed by atoms with Crippen molar-refractivity contribution < 1.29 is 4.18 Å². The third kappa shape index (κ3) is 2.44. The summed E-state index contributed by atoms with van der Waals surface area (Å²) in [6.07, 6.45) is 1.89. The molecule has 0 aromatic heterocycles. The van der Waals surface area contributed by atoms with E-state index in [2.05, 4.69) is 0 Å². The van der Waals surface area contributed by atoms with Gasteiger partial charge in [0, 0.05) is 12.8 Å². The van der Waals surface area contributed by atoms with Gasteiger partial charge >= 0.3 is 0 Å². The van der Waals surface area contributed by atoms with Gasteiger partial charge in [-0.1, -0.05) is 12.1 Å². The molecule has 0 heterocycles. The molecule has 0 aliphatic rings. The van der Waals surface area contributed by atoms with E-state index < -0.39 is 0 Å². The summed E-state index contributed by atoms with van der Waals surface area (Å²) in [6, 6.07) is 7.76. The minimum Gasteiger partial charge on any atom is -0.426 e. The van der Waals surface area contributed by atoms with Crippen LogP contribution in [0.25, 0.3) is 0 Å². The van der Waals surface area contributed by atoms with Gasteiger partial charge in [-0.15, -0.1) is 0 Å². The Morgan fingerprint density at radius 3 is 2.45 bits per heavy atom. The molecular weight excluding hydrogens is 158 g/mol. The smallest absolute Gasteiger partial charge is 0.137 e. The topological polar surface area (TPSA) is 35.2 Å². The van der Waals surface area contributed by atoms with Crippen LogP contribution in [0.2, 0.25) is 0 Å². The molecule has 2 nitrogen and oxygen atoms in total. The Labute approximate surface area is 70.9 Å². The Morgan fingerprint density at radius 2 is 2.00 bits per heavy atom. The van der Waals surface area contributed by atoms with Crippen molar-refractivity contribution in [1.82, 2.24) is 0 Å². The Hall–Kier alpha value is -0.670. The van der Waals surface area contributed by atoms with E-state index in [0.29, 0.717) is 6.54 Å². The summed E-state index contributed by atoms with van der Waals surface area (Å²) in [7, 11) is 0. The Balaban J connectivity index is 2.66. The van der Waals surface area contributed by atoms with Crippen molar-refractivity contribution in [3.63, 3.8) is 0 Å². The van der Waals surface area contributed by atoms with Crippen LogP contribution in [-0.2, 0) is 6.54 Å². The molecule has 11 heavy (non-hydrogen) atoms. The molecule has 0 aliphatic carbocycles. The van der Waals surface area contributed by atoms with Gasteiger partial charge in [-0.2, -0.15) is 0 Å². The van der Waals surface area contributed by atoms with Gasteiger partial charge in [-0.05, 0) is 17.7 Å². The van der Waals surface area contributed by atoms with Crippen LogP contribution in [0.15, 0.2) is 24.3 Å². The summed E-state index contributed by atoms with van der Waals surface area (Å²) in [6.45, 7) is 0.583. The average molecular weight is 169 g/mol. The fourth-order valence-electron chi connectivity index (χ4n) is 0.777. The normalized spacial score (nSPS) is 9.64. The van der Waals surface area contributed by atoms with E-state index in [4.69, 9.17) is 9.92 Å². The van der Waals surface area contributed by atoms with E-state index in [9.17, 15) is 0 Å². The van der Waals surface area contributed by atoms with E-state index >= 15 is 0 Å². The molecule has 0 bridgehead atoms. The lowest BCUT2D eigenvalue weighted by Crippen LogP contribution is -1.94. The first-order chi connectivity index (χ1) is 5.36. The second-order valence-corrected chi connectivity index (χ2v) is 2.60. The first-order valence-electron chi connectivity index (χ1n) is 3.36. The third-order valence-electron chi connectivity index (χ3n) is 1.34. The second kappa shape index (κ2) is 4.26. The maximum atomic E-state index is 5.43. The second-order valence-electron chi connectivity index (χ2n) is 2.10. The van der Waals surface area contributed by atoms with Crippen LogP contribution in [-0.4, -0.2) is 6.26 Å². The number of rotatable bonds is 3. The van der Waals surface area contributed by atoms with E-state index in [-0.39, 0.29) is 0 Å². The van der Waals surface area contributed by atoms with Gasteiger partial charge in [0.1, 0.15) is 5.75 Å². The summed E-state index contributed by atoms with van der Waals surface area (Å²) in [5.74, 6) is 0.870. The van der Waals surface area contributed by atoms with E-state index in [1.54, 1.807) is 0 Å². The van der Waals surface area contributed by atoms with Crippen LogP contribution in [0, 0.1) is 0 Å². The van der Waals surface area contributed by atoms with Crippen molar-refractivity contribution in [2.24, 2.45) is 5.73 Å². The molecule has 3 heteroatoms. The highest BCUT2D eigenvalue weighted by Gasteiger charge is 1.91. The molecule has 1 aromatic rings. The fraction of sp³-hybridized carbons (Fsp3) is 0.250. The molecular formula is C8H11NOS. The van der Waals surface area contributed by atoms with Gasteiger partial charge in [-0.3, -0.25) is 0 Å². The highest BCUT2D eigenvalue weighted by molar-refractivity contribution is 7.94. The van der Waals surface area contributed by atoms with Crippen LogP contribution in [0.4, 0.5) is 0 Å². The maximum Gasteiger partial charge on any atom is 0.137 e. The molecule has 0 unspecified atom stereocenters. The molecule has 1 aromatic carbocycles. The molecule has 0 saturated heterocycles. The number of benzene rings is 1. The van der Waals surface area contributed by atoms with Crippen LogP contribution in [0.3, 0.4) is 0 Å². The van der Waals surface area contributed by atoms with Gasteiger partial charge in [-0.25, -0.2) is 0 Å². The van der Waals surface area contributed by atoms with Crippen molar-refractivity contribution in [2.75, 3.05) is 6.26 Å². The summed E-state index contributed by atoms with van der Waals surface area (Å²) in [5, 5.41) is 0. The predicted octanol–water partition coefficient (Wildman–Crippen LogP) is 1.80. The summed E-state index contributed by atoms with van der Waals surface area (Å²) >= 11 is 1.34. The molecule has 0 aliphatic heterocycles. The lowest BCUT2D eigenvalue weighted by molar-refractivity contribution is 0.649. The number of hydrogen-bond acceptors (Lipinski definition) is 3. The first-order valence-corrected chi connectivity index (χ1v) is 4.51. The van der Waals surface area contributed by atoms with Crippen LogP contribution >= 0.6 is 12.0 Å². The summed E-state index contributed by atoms with van der Waals surface area (Å²) in [5.41, 5.74) is 6.55. The van der Waals surface area contributed by atoms with Crippen LogP contribution in [0.5, 0.6) is 5.75 Å². The minimum atomic E-state index is 0.583. The van der Waals surface area contributed by atoms with Gasteiger partial charge < -0.3 is 9.92 Å². The summed E-state index contributed by atoms with van der Waals surface area (Å²) in [4.78, 5) is 0. The molecule has 0 fully saturated rings. The Bertz CT molecular complexity index is 210.